The minimum atomic E-state index is 0.246. The second-order valence-corrected chi connectivity index (χ2v) is 4.58. The first-order valence-electron chi connectivity index (χ1n) is 6.51. The van der Waals surface area contributed by atoms with Crippen LogP contribution < -0.4 is 5.32 Å². The van der Waals surface area contributed by atoms with Gasteiger partial charge in [0.15, 0.2) is 0 Å². The molecule has 17 heavy (non-hydrogen) atoms. The molecule has 2 heteroatoms. The fourth-order valence-electron chi connectivity index (χ4n) is 1.90. The SMILES string of the molecule is CCCNC(C=C(C)C)c1ncccc1CC. The number of hydrogen-bond acceptors (Lipinski definition) is 2. The molecule has 0 fully saturated rings. The van der Waals surface area contributed by atoms with Crippen molar-refractivity contribution in [2.75, 3.05) is 6.54 Å². The van der Waals surface area contributed by atoms with E-state index < -0.39 is 0 Å². The fourth-order valence-corrected chi connectivity index (χ4v) is 1.90. The van der Waals surface area contributed by atoms with Gasteiger partial charge in [-0.15, -0.1) is 0 Å². The van der Waals surface area contributed by atoms with Crippen molar-refractivity contribution < 1.29 is 0 Å². The molecule has 2 nitrogen and oxygen atoms in total. The standard InChI is InChI=1S/C15H24N2/c1-5-9-16-14(11-12(3)4)15-13(6-2)8-7-10-17-15/h7-8,10-11,14,16H,5-6,9H2,1-4H3. The van der Waals surface area contributed by atoms with Gasteiger partial charge in [0.25, 0.3) is 0 Å². The van der Waals surface area contributed by atoms with Crippen LogP contribution >= 0.6 is 0 Å². The third-order valence-electron chi connectivity index (χ3n) is 2.72. The largest absolute Gasteiger partial charge is 0.305 e. The molecular formula is C15H24N2. The molecule has 1 N–H and O–H groups in total. The van der Waals surface area contributed by atoms with Crippen molar-refractivity contribution in [1.29, 1.82) is 0 Å². The lowest BCUT2D eigenvalue weighted by Gasteiger charge is -2.17. The van der Waals surface area contributed by atoms with Crippen molar-refractivity contribution in [3.05, 3.63) is 41.2 Å². The van der Waals surface area contributed by atoms with Crippen molar-refractivity contribution in [1.82, 2.24) is 10.3 Å². The van der Waals surface area contributed by atoms with Gasteiger partial charge < -0.3 is 5.32 Å². The number of nitrogens with zero attached hydrogens (tertiary/aromatic N) is 1. The normalized spacial score (nSPS) is 12.2. The first-order chi connectivity index (χ1) is 8.19. The summed E-state index contributed by atoms with van der Waals surface area (Å²) in [5, 5.41) is 3.55. The van der Waals surface area contributed by atoms with Crippen molar-refractivity contribution in [2.45, 2.75) is 46.6 Å². The molecule has 0 saturated heterocycles. The summed E-state index contributed by atoms with van der Waals surface area (Å²) in [5.74, 6) is 0. The molecule has 94 valence electrons. The van der Waals surface area contributed by atoms with E-state index in [4.69, 9.17) is 0 Å². The average molecular weight is 232 g/mol. The van der Waals surface area contributed by atoms with Crippen LogP contribution in [0.25, 0.3) is 0 Å². The molecule has 0 spiro atoms. The number of pyridine rings is 1. The molecule has 0 aromatic carbocycles. The van der Waals surface area contributed by atoms with E-state index >= 15 is 0 Å². The second kappa shape index (κ2) is 7.23. The van der Waals surface area contributed by atoms with E-state index in [0.717, 1.165) is 19.4 Å². The van der Waals surface area contributed by atoms with E-state index in [9.17, 15) is 0 Å². The molecule has 0 radical (unpaired) electrons. The maximum atomic E-state index is 4.55. The van der Waals surface area contributed by atoms with Gasteiger partial charge >= 0.3 is 0 Å². The topological polar surface area (TPSA) is 24.9 Å². The Balaban J connectivity index is 2.98. The predicted molar refractivity (Wildman–Crippen MR) is 74.1 cm³/mol. The number of allylic oxidation sites excluding steroid dienone is 1. The van der Waals surface area contributed by atoms with Crippen LogP contribution in [0, 0.1) is 0 Å². The van der Waals surface area contributed by atoms with E-state index in [1.807, 2.05) is 12.3 Å². The Kier molecular flexibility index (Phi) is 5.92. The predicted octanol–water partition coefficient (Wildman–Crippen LogP) is 3.65. The second-order valence-electron chi connectivity index (χ2n) is 4.58. The molecule has 1 atom stereocenters. The van der Waals surface area contributed by atoms with Gasteiger partial charge in [-0.25, -0.2) is 0 Å². The maximum Gasteiger partial charge on any atom is 0.0686 e. The lowest BCUT2D eigenvalue weighted by molar-refractivity contribution is 0.593. The van der Waals surface area contributed by atoms with Gasteiger partial charge in [0.05, 0.1) is 11.7 Å². The van der Waals surface area contributed by atoms with Crippen molar-refractivity contribution >= 4 is 0 Å². The molecule has 0 aliphatic rings. The Labute approximate surface area is 105 Å². The van der Waals surface area contributed by atoms with E-state index in [2.05, 4.69) is 50.1 Å². The Morgan fingerprint density at radius 1 is 1.41 bits per heavy atom. The van der Waals surface area contributed by atoms with Gasteiger partial charge in [-0.05, 0) is 44.9 Å². The molecule has 0 aliphatic heterocycles. The first-order valence-corrected chi connectivity index (χ1v) is 6.51. The molecule has 0 saturated carbocycles. The highest BCUT2D eigenvalue weighted by atomic mass is 14.9. The van der Waals surface area contributed by atoms with Gasteiger partial charge in [-0.2, -0.15) is 0 Å². The molecule has 0 aliphatic carbocycles. The number of nitrogens with one attached hydrogen (secondary N) is 1. The van der Waals surface area contributed by atoms with Crippen molar-refractivity contribution in [2.24, 2.45) is 0 Å². The molecule has 1 aromatic rings. The molecule has 0 bridgehead atoms. The quantitative estimate of drug-likeness (QED) is 0.757. The monoisotopic (exact) mass is 232 g/mol. The number of hydrogen-bond donors (Lipinski definition) is 1. The summed E-state index contributed by atoms with van der Waals surface area (Å²) in [6, 6.07) is 4.43. The Morgan fingerprint density at radius 3 is 2.76 bits per heavy atom. The van der Waals surface area contributed by atoms with Gasteiger partial charge in [-0.1, -0.05) is 31.6 Å². The summed E-state index contributed by atoms with van der Waals surface area (Å²) in [5.41, 5.74) is 3.83. The van der Waals surface area contributed by atoms with E-state index in [1.165, 1.54) is 16.8 Å². The highest BCUT2D eigenvalue weighted by Gasteiger charge is 2.12. The highest BCUT2D eigenvalue weighted by Crippen LogP contribution is 2.18. The van der Waals surface area contributed by atoms with E-state index in [0.29, 0.717) is 0 Å². The number of rotatable bonds is 6. The van der Waals surface area contributed by atoms with Crippen LogP contribution in [0.5, 0.6) is 0 Å². The third-order valence-corrected chi connectivity index (χ3v) is 2.72. The van der Waals surface area contributed by atoms with Gasteiger partial charge in [-0.3, -0.25) is 4.98 Å². The Bertz CT molecular complexity index is 365. The summed E-state index contributed by atoms with van der Waals surface area (Å²) in [6.45, 7) is 9.66. The lowest BCUT2D eigenvalue weighted by atomic mass is 10.0. The lowest BCUT2D eigenvalue weighted by Crippen LogP contribution is -2.22. The fraction of sp³-hybridized carbons (Fsp3) is 0.533. The molecule has 0 amide bonds. The minimum Gasteiger partial charge on any atom is -0.305 e. The Hall–Kier alpha value is -1.15. The van der Waals surface area contributed by atoms with Crippen LogP contribution in [-0.2, 0) is 6.42 Å². The zero-order chi connectivity index (χ0) is 12.7. The van der Waals surface area contributed by atoms with Crippen LogP contribution in [-0.4, -0.2) is 11.5 Å². The highest BCUT2D eigenvalue weighted by molar-refractivity contribution is 5.26. The molecule has 1 unspecified atom stereocenters. The Morgan fingerprint density at radius 2 is 2.18 bits per heavy atom. The third kappa shape index (κ3) is 4.31. The molecule has 1 aromatic heterocycles. The number of aryl methyl sites for hydroxylation is 1. The van der Waals surface area contributed by atoms with Gasteiger partial charge in [0, 0.05) is 6.20 Å². The zero-order valence-corrected chi connectivity index (χ0v) is 11.5. The van der Waals surface area contributed by atoms with E-state index in [1.54, 1.807) is 0 Å². The molecule has 1 rings (SSSR count). The summed E-state index contributed by atoms with van der Waals surface area (Å²) in [6.07, 6.45) is 6.32. The average Bonchev–Trinajstić information content (AvgIpc) is 2.34. The van der Waals surface area contributed by atoms with Gasteiger partial charge in [0.2, 0.25) is 0 Å². The maximum absolute atomic E-state index is 4.55. The van der Waals surface area contributed by atoms with Crippen LogP contribution in [0.4, 0.5) is 0 Å². The summed E-state index contributed by atoms with van der Waals surface area (Å²) >= 11 is 0. The smallest absolute Gasteiger partial charge is 0.0686 e. The molecular weight excluding hydrogens is 208 g/mol. The summed E-state index contributed by atoms with van der Waals surface area (Å²) in [4.78, 5) is 4.55. The van der Waals surface area contributed by atoms with E-state index in [-0.39, 0.29) is 6.04 Å². The van der Waals surface area contributed by atoms with Crippen LogP contribution in [0.15, 0.2) is 30.0 Å². The first kappa shape index (κ1) is 13.9. The van der Waals surface area contributed by atoms with Crippen LogP contribution in [0.2, 0.25) is 0 Å². The number of aromatic nitrogens is 1. The molecule has 1 heterocycles. The summed E-state index contributed by atoms with van der Waals surface area (Å²) in [7, 11) is 0. The van der Waals surface area contributed by atoms with Crippen LogP contribution in [0.1, 0.15) is 51.4 Å². The van der Waals surface area contributed by atoms with Crippen LogP contribution in [0.3, 0.4) is 0 Å². The van der Waals surface area contributed by atoms with Crippen molar-refractivity contribution in [3.8, 4) is 0 Å². The minimum absolute atomic E-state index is 0.246. The van der Waals surface area contributed by atoms with Gasteiger partial charge in [0.1, 0.15) is 0 Å². The summed E-state index contributed by atoms with van der Waals surface area (Å²) < 4.78 is 0. The van der Waals surface area contributed by atoms with Crippen molar-refractivity contribution in [3.63, 3.8) is 0 Å². The zero-order valence-electron chi connectivity index (χ0n) is 11.5.